The Morgan fingerprint density at radius 1 is 0.682 bits per heavy atom. The first-order valence-corrected chi connectivity index (χ1v) is 8.95. The molecule has 0 saturated carbocycles. The van der Waals surface area contributed by atoms with Crippen LogP contribution >= 0.6 is 0 Å². The molecule has 0 N–H and O–H groups in total. The normalized spacial score (nSPS) is 13.5. The Bertz CT molecular complexity index is 271. The van der Waals surface area contributed by atoms with Crippen LogP contribution in [0.3, 0.4) is 0 Å². The summed E-state index contributed by atoms with van der Waals surface area (Å²) in [7, 11) is 0. The van der Waals surface area contributed by atoms with Gasteiger partial charge in [0.1, 0.15) is 0 Å². The molecule has 0 fully saturated rings. The zero-order valence-corrected chi connectivity index (χ0v) is 14.9. The Balaban J connectivity index is 4.94. The number of esters is 2. The van der Waals surface area contributed by atoms with Crippen molar-refractivity contribution in [3.63, 3.8) is 0 Å². The molecule has 0 rings (SSSR count). The lowest BCUT2D eigenvalue weighted by Crippen LogP contribution is -2.33. The number of hydrogen-bond donors (Lipinski definition) is 0. The molecule has 0 aliphatic carbocycles. The largest absolute Gasteiger partial charge is 0.466 e. The summed E-state index contributed by atoms with van der Waals surface area (Å²) in [5.41, 5.74) is 0. The second kappa shape index (κ2) is 13.6. The van der Waals surface area contributed by atoms with Crippen LogP contribution in [-0.2, 0) is 19.1 Å². The molecule has 4 nitrogen and oxygen atoms in total. The summed E-state index contributed by atoms with van der Waals surface area (Å²) in [4.78, 5) is 24.6. The van der Waals surface area contributed by atoms with Crippen molar-refractivity contribution in [3.05, 3.63) is 0 Å². The highest BCUT2D eigenvalue weighted by atomic mass is 16.5. The van der Waals surface area contributed by atoms with E-state index in [2.05, 4.69) is 13.8 Å². The van der Waals surface area contributed by atoms with E-state index in [1.807, 2.05) is 0 Å². The van der Waals surface area contributed by atoms with Gasteiger partial charge < -0.3 is 9.47 Å². The molecule has 0 aromatic rings. The van der Waals surface area contributed by atoms with Crippen molar-refractivity contribution in [2.45, 2.75) is 79.1 Å². The van der Waals surface area contributed by atoms with Crippen LogP contribution in [0.5, 0.6) is 0 Å². The van der Waals surface area contributed by atoms with Crippen molar-refractivity contribution >= 4 is 11.9 Å². The SMILES string of the molecule is CCCCC[C@H](C(=O)OCC)[C@@H](CCCCC)C(=O)OCC. The van der Waals surface area contributed by atoms with E-state index >= 15 is 0 Å². The van der Waals surface area contributed by atoms with Gasteiger partial charge in [-0.2, -0.15) is 0 Å². The molecule has 0 saturated heterocycles. The number of rotatable bonds is 13. The Morgan fingerprint density at radius 2 is 1.05 bits per heavy atom. The van der Waals surface area contributed by atoms with Crippen LogP contribution in [0.2, 0.25) is 0 Å². The van der Waals surface area contributed by atoms with E-state index in [4.69, 9.17) is 9.47 Å². The molecule has 0 unspecified atom stereocenters. The van der Waals surface area contributed by atoms with Gasteiger partial charge in [0.15, 0.2) is 0 Å². The van der Waals surface area contributed by atoms with Gasteiger partial charge in [-0.25, -0.2) is 0 Å². The van der Waals surface area contributed by atoms with Gasteiger partial charge in [0.2, 0.25) is 0 Å². The van der Waals surface area contributed by atoms with E-state index in [1.165, 1.54) is 0 Å². The average Bonchev–Trinajstić information content (AvgIpc) is 2.49. The van der Waals surface area contributed by atoms with Gasteiger partial charge in [-0.3, -0.25) is 9.59 Å². The van der Waals surface area contributed by atoms with Crippen LogP contribution in [0.1, 0.15) is 79.1 Å². The summed E-state index contributed by atoms with van der Waals surface area (Å²) >= 11 is 0. The molecule has 22 heavy (non-hydrogen) atoms. The molecule has 0 aliphatic rings. The van der Waals surface area contributed by atoms with E-state index in [9.17, 15) is 9.59 Å². The first kappa shape index (κ1) is 20.9. The first-order valence-electron chi connectivity index (χ1n) is 8.95. The Labute approximate surface area is 135 Å². The maximum Gasteiger partial charge on any atom is 0.309 e. The van der Waals surface area contributed by atoms with Crippen molar-refractivity contribution in [3.8, 4) is 0 Å². The summed E-state index contributed by atoms with van der Waals surface area (Å²) in [5, 5.41) is 0. The molecule has 0 radical (unpaired) electrons. The predicted molar refractivity (Wildman–Crippen MR) is 88.5 cm³/mol. The molecule has 0 aromatic carbocycles. The molecular formula is C18H34O4. The molecule has 4 heteroatoms. The minimum absolute atomic E-state index is 0.242. The maximum absolute atomic E-state index is 12.3. The van der Waals surface area contributed by atoms with Gasteiger partial charge in [-0.05, 0) is 26.7 Å². The summed E-state index contributed by atoms with van der Waals surface area (Å²) in [6, 6.07) is 0. The van der Waals surface area contributed by atoms with Crippen LogP contribution in [-0.4, -0.2) is 25.2 Å². The van der Waals surface area contributed by atoms with E-state index in [-0.39, 0.29) is 23.8 Å². The third kappa shape index (κ3) is 8.40. The third-order valence-corrected chi connectivity index (χ3v) is 3.90. The van der Waals surface area contributed by atoms with Crippen molar-refractivity contribution < 1.29 is 19.1 Å². The topological polar surface area (TPSA) is 52.6 Å². The predicted octanol–water partition coefficient (Wildman–Crippen LogP) is 4.51. The van der Waals surface area contributed by atoms with Crippen LogP contribution in [0, 0.1) is 11.8 Å². The molecule has 0 spiro atoms. The second-order valence-corrected chi connectivity index (χ2v) is 5.71. The lowest BCUT2D eigenvalue weighted by Gasteiger charge is -2.24. The lowest BCUT2D eigenvalue weighted by molar-refractivity contribution is -0.161. The lowest BCUT2D eigenvalue weighted by atomic mass is 9.84. The number of unbranched alkanes of at least 4 members (excludes halogenated alkanes) is 4. The number of carbonyl (C=O) groups excluding carboxylic acids is 2. The number of ether oxygens (including phenoxy) is 2. The first-order chi connectivity index (χ1) is 10.6. The quantitative estimate of drug-likeness (QED) is 0.371. The summed E-state index contributed by atoms with van der Waals surface area (Å²) < 4.78 is 10.4. The smallest absolute Gasteiger partial charge is 0.309 e. The molecule has 0 amide bonds. The minimum Gasteiger partial charge on any atom is -0.466 e. The van der Waals surface area contributed by atoms with E-state index in [1.54, 1.807) is 13.8 Å². The highest BCUT2D eigenvalue weighted by molar-refractivity contribution is 5.82. The van der Waals surface area contributed by atoms with Gasteiger partial charge in [-0.1, -0.05) is 52.4 Å². The van der Waals surface area contributed by atoms with Gasteiger partial charge in [-0.15, -0.1) is 0 Å². The van der Waals surface area contributed by atoms with Crippen LogP contribution in [0.25, 0.3) is 0 Å². The van der Waals surface area contributed by atoms with Crippen molar-refractivity contribution in [1.82, 2.24) is 0 Å². The highest BCUT2D eigenvalue weighted by Gasteiger charge is 2.34. The van der Waals surface area contributed by atoms with Gasteiger partial charge in [0.05, 0.1) is 25.0 Å². The number of carbonyl (C=O) groups is 2. The van der Waals surface area contributed by atoms with Crippen LogP contribution < -0.4 is 0 Å². The van der Waals surface area contributed by atoms with Crippen LogP contribution in [0.4, 0.5) is 0 Å². The Hall–Kier alpha value is -1.06. The van der Waals surface area contributed by atoms with Crippen LogP contribution in [0.15, 0.2) is 0 Å². The van der Waals surface area contributed by atoms with E-state index in [0.717, 1.165) is 38.5 Å². The minimum atomic E-state index is -0.359. The fraction of sp³-hybridized carbons (Fsp3) is 0.889. The van der Waals surface area contributed by atoms with Gasteiger partial charge in [0.25, 0.3) is 0 Å². The average molecular weight is 314 g/mol. The molecule has 0 aromatic heterocycles. The Morgan fingerprint density at radius 3 is 1.32 bits per heavy atom. The van der Waals surface area contributed by atoms with Gasteiger partial charge in [0, 0.05) is 0 Å². The molecule has 0 bridgehead atoms. The summed E-state index contributed by atoms with van der Waals surface area (Å²) in [5.74, 6) is -1.20. The van der Waals surface area contributed by atoms with E-state index < -0.39 is 0 Å². The Kier molecular flexibility index (Phi) is 12.9. The third-order valence-electron chi connectivity index (χ3n) is 3.90. The van der Waals surface area contributed by atoms with Crippen molar-refractivity contribution in [2.75, 3.05) is 13.2 Å². The fourth-order valence-corrected chi connectivity index (χ4v) is 2.69. The fourth-order valence-electron chi connectivity index (χ4n) is 2.69. The maximum atomic E-state index is 12.3. The zero-order valence-electron chi connectivity index (χ0n) is 14.9. The van der Waals surface area contributed by atoms with Crippen molar-refractivity contribution in [2.24, 2.45) is 11.8 Å². The van der Waals surface area contributed by atoms with E-state index in [0.29, 0.717) is 26.1 Å². The molecule has 0 heterocycles. The molecule has 0 aliphatic heterocycles. The zero-order chi connectivity index (χ0) is 16.8. The summed E-state index contributed by atoms with van der Waals surface area (Å²) in [6.45, 7) is 8.57. The monoisotopic (exact) mass is 314 g/mol. The molecular weight excluding hydrogens is 280 g/mol. The molecule has 130 valence electrons. The second-order valence-electron chi connectivity index (χ2n) is 5.71. The van der Waals surface area contributed by atoms with Gasteiger partial charge >= 0.3 is 11.9 Å². The summed E-state index contributed by atoms with van der Waals surface area (Å²) in [6.07, 6.45) is 7.64. The number of hydrogen-bond acceptors (Lipinski definition) is 4. The standard InChI is InChI=1S/C18H34O4/c1-5-9-11-13-15(17(19)21-7-3)16(14-12-10-6-2)18(20)22-8-4/h15-16H,5-14H2,1-4H3/t15-,16+. The molecule has 2 atom stereocenters. The highest BCUT2D eigenvalue weighted by Crippen LogP contribution is 2.27. The van der Waals surface area contributed by atoms with Crippen molar-refractivity contribution in [1.29, 1.82) is 0 Å².